The van der Waals surface area contributed by atoms with Crippen molar-refractivity contribution in [2.75, 3.05) is 19.8 Å². The van der Waals surface area contributed by atoms with Crippen molar-refractivity contribution in [1.82, 2.24) is 0 Å². The molecule has 1 aromatic rings. The van der Waals surface area contributed by atoms with Crippen LogP contribution in [-0.2, 0) is 15.6 Å². The maximum atomic E-state index is 6.16. The van der Waals surface area contributed by atoms with E-state index in [9.17, 15) is 0 Å². The molecule has 0 aliphatic rings. The lowest BCUT2D eigenvalue weighted by Crippen LogP contribution is -2.21. The van der Waals surface area contributed by atoms with Crippen molar-refractivity contribution in [3.8, 4) is 0 Å². The Morgan fingerprint density at radius 1 is 1.15 bits per heavy atom. The summed E-state index contributed by atoms with van der Waals surface area (Å²) in [6, 6.07) is 10.8. The van der Waals surface area contributed by atoms with Gasteiger partial charge in [0.1, 0.15) is 0 Å². The van der Waals surface area contributed by atoms with Crippen LogP contribution in [-0.4, -0.2) is 28.9 Å². The lowest BCUT2D eigenvalue weighted by atomic mass is 10.1. The van der Waals surface area contributed by atoms with Gasteiger partial charge in [0.2, 0.25) is 0 Å². The van der Waals surface area contributed by atoms with Crippen molar-refractivity contribution in [2.24, 2.45) is 0 Å². The van der Waals surface area contributed by atoms with Crippen molar-refractivity contribution in [3.05, 3.63) is 42.0 Å². The summed E-state index contributed by atoms with van der Waals surface area (Å²) >= 11 is 0. The van der Waals surface area contributed by atoms with Crippen LogP contribution in [0.3, 0.4) is 0 Å². The fourth-order valence-corrected chi connectivity index (χ4v) is 4.44. The highest BCUT2D eigenvalue weighted by Gasteiger charge is 2.11. The van der Waals surface area contributed by atoms with Crippen LogP contribution in [0, 0.1) is 0 Å². The molecule has 0 aliphatic heterocycles. The Morgan fingerprint density at radius 2 is 1.95 bits per heavy atom. The van der Waals surface area contributed by atoms with Crippen molar-refractivity contribution in [2.45, 2.75) is 38.8 Å². The summed E-state index contributed by atoms with van der Waals surface area (Å²) < 4.78 is 11.6. The molecule has 20 heavy (non-hydrogen) atoms. The third-order valence-corrected chi connectivity index (χ3v) is 6.21. The lowest BCUT2D eigenvalue weighted by molar-refractivity contribution is 0.157. The molecule has 0 aromatic heterocycles. The molecule has 1 unspecified atom stereocenters. The van der Waals surface area contributed by atoms with Crippen LogP contribution in [0.4, 0.5) is 0 Å². The Morgan fingerprint density at radius 3 is 2.65 bits per heavy atom. The van der Waals surface area contributed by atoms with Crippen LogP contribution in [0.1, 0.15) is 31.4 Å². The van der Waals surface area contributed by atoms with Gasteiger partial charge in [-0.2, -0.15) is 0 Å². The standard InChI is InChI=1S/C17H28O2Si/c1-4-14-20(15-13-18-6-3)19-12-11-17-10-8-7-9-16(17)5-2/h5,7-10,20H,2,4,6,11-15H2,1,3H3. The first kappa shape index (κ1) is 17.1. The fraction of sp³-hybridized carbons (Fsp3) is 0.529. The largest absolute Gasteiger partial charge is 0.420 e. The van der Waals surface area contributed by atoms with E-state index in [1.807, 2.05) is 13.0 Å². The molecular formula is C17H28O2Si. The van der Waals surface area contributed by atoms with Gasteiger partial charge in [-0.25, -0.2) is 0 Å². The second kappa shape index (κ2) is 10.8. The van der Waals surface area contributed by atoms with Crippen LogP contribution < -0.4 is 0 Å². The number of hydrogen-bond donors (Lipinski definition) is 0. The van der Waals surface area contributed by atoms with Gasteiger partial charge in [0.25, 0.3) is 0 Å². The number of hydrogen-bond acceptors (Lipinski definition) is 2. The molecule has 0 saturated heterocycles. The predicted molar refractivity (Wildman–Crippen MR) is 89.7 cm³/mol. The van der Waals surface area contributed by atoms with Crippen LogP contribution in [0.5, 0.6) is 0 Å². The molecule has 0 heterocycles. The van der Waals surface area contributed by atoms with E-state index in [1.54, 1.807) is 0 Å². The zero-order valence-electron chi connectivity index (χ0n) is 12.9. The minimum absolute atomic E-state index is 0.806. The third-order valence-electron chi connectivity index (χ3n) is 3.40. The molecule has 0 fully saturated rings. The summed E-state index contributed by atoms with van der Waals surface area (Å²) in [5.41, 5.74) is 2.55. The second-order valence-electron chi connectivity index (χ2n) is 4.92. The first-order valence-electron chi connectivity index (χ1n) is 7.71. The predicted octanol–water partition coefficient (Wildman–Crippen LogP) is 4.06. The smallest absolute Gasteiger partial charge is 0.179 e. The third kappa shape index (κ3) is 6.50. The average molecular weight is 292 g/mol. The van der Waals surface area contributed by atoms with E-state index in [4.69, 9.17) is 9.16 Å². The highest BCUT2D eigenvalue weighted by Crippen LogP contribution is 2.12. The van der Waals surface area contributed by atoms with E-state index < -0.39 is 9.04 Å². The first-order valence-corrected chi connectivity index (χ1v) is 9.81. The minimum atomic E-state index is -1.08. The van der Waals surface area contributed by atoms with E-state index >= 15 is 0 Å². The first-order chi connectivity index (χ1) is 9.81. The maximum absolute atomic E-state index is 6.16. The van der Waals surface area contributed by atoms with Gasteiger partial charge in [0.15, 0.2) is 9.04 Å². The lowest BCUT2D eigenvalue weighted by Gasteiger charge is -2.16. The van der Waals surface area contributed by atoms with Gasteiger partial charge in [0.05, 0.1) is 0 Å². The topological polar surface area (TPSA) is 18.5 Å². The quantitative estimate of drug-likeness (QED) is 0.452. The molecule has 0 aliphatic carbocycles. The Labute approximate surface area is 125 Å². The Bertz CT molecular complexity index is 379. The molecule has 1 aromatic carbocycles. The summed E-state index contributed by atoms with van der Waals surface area (Å²) in [5.74, 6) is 0. The zero-order chi connectivity index (χ0) is 14.6. The summed E-state index contributed by atoms with van der Waals surface area (Å²) in [7, 11) is -1.08. The van der Waals surface area contributed by atoms with E-state index in [2.05, 4.69) is 37.8 Å². The summed E-state index contributed by atoms with van der Waals surface area (Å²) in [5, 5.41) is 0. The van der Waals surface area contributed by atoms with Gasteiger partial charge < -0.3 is 9.16 Å². The Kier molecular flexibility index (Phi) is 9.29. The number of rotatable bonds is 11. The van der Waals surface area contributed by atoms with Crippen molar-refractivity contribution < 1.29 is 9.16 Å². The van der Waals surface area contributed by atoms with Crippen LogP contribution >= 0.6 is 0 Å². The van der Waals surface area contributed by atoms with Crippen LogP contribution in [0.2, 0.25) is 12.1 Å². The molecule has 0 bridgehead atoms. The maximum Gasteiger partial charge on any atom is 0.179 e. The minimum Gasteiger partial charge on any atom is -0.420 e. The molecule has 0 amide bonds. The molecule has 112 valence electrons. The molecule has 0 saturated carbocycles. The summed E-state index contributed by atoms with van der Waals surface area (Å²) in [6.07, 6.45) is 4.11. The summed E-state index contributed by atoms with van der Waals surface area (Å²) in [6.45, 7) is 10.6. The molecule has 1 atom stereocenters. The molecule has 2 nitrogen and oxygen atoms in total. The highest BCUT2D eigenvalue weighted by atomic mass is 28.3. The van der Waals surface area contributed by atoms with Crippen molar-refractivity contribution in [3.63, 3.8) is 0 Å². The molecule has 1 rings (SSSR count). The fourth-order valence-electron chi connectivity index (χ4n) is 2.29. The van der Waals surface area contributed by atoms with Crippen molar-refractivity contribution in [1.29, 1.82) is 0 Å². The molecule has 0 spiro atoms. The van der Waals surface area contributed by atoms with Gasteiger partial charge in [0, 0.05) is 19.8 Å². The van der Waals surface area contributed by atoms with E-state index in [-0.39, 0.29) is 0 Å². The van der Waals surface area contributed by atoms with Crippen molar-refractivity contribution >= 4 is 15.1 Å². The van der Waals surface area contributed by atoms with Gasteiger partial charge in [-0.3, -0.25) is 0 Å². The van der Waals surface area contributed by atoms with Gasteiger partial charge in [-0.05, 0) is 36.6 Å². The number of benzene rings is 1. The average Bonchev–Trinajstić information content (AvgIpc) is 2.48. The van der Waals surface area contributed by atoms with Gasteiger partial charge in [-0.15, -0.1) is 0 Å². The molecule has 3 heteroatoms. The Hall–Kier alpha value is -0.903. The van der Waals surface area contributed by atoms with Gasteiger partial charge in [-0.1, -0.05) is 50.3 Å². The number of ether oxygens (including phenoxy) is 1. The van der Waals surface area contributed by atoms with E-state index in [0.717, 1.165) is 32.3 Å². The van der Waals surface area contributed by atoms with Gasteiger partial charge >= 0.3 is 0 Å². The zero-order valence-corrected chi connectivity index (χ0v) is 14.1. The monoisotopic (exact) mass is 292 g/mol. The normalized spacial score (nSPS) is 12.3. The Balaban J connectivity index is 2.37. The summed E-state index contributed by atoms with van der Waals surface area (Å²) in [4.78, 5) is 0. The van der Waals surface area contributed by atoms with Crippen LogP contribution in [0.25, 0.3) is 6.08 Å². The molecule has 0 N–H and O–H groups in total. The van der Waals surface area contributed by atoms with E-state index in [1.165, 1.54) is 23.6 Å². The molecular weight excluding hydrogens is 264 g/mol. The second-order valence-corrected chi connectivity index (χ2v) is 7.65. The van der Waals surface area contributed by atoms with E-state index in [0.29, 0.717) is 0 Å². The molecule has 0 radical (unpaired) electrons. The highest BCUT2D eigenvalue weighted by molar-refractivity contribution is 6.51. The SMILES string of the molecule is C=Cc1ccccc1CCO[SiH](CCC)CCOCC. The van der Waals surface area contributed by atoms with Crippen LogP contribution in [0.15, 0.2) is 30.8 Å².